The molecule has 0 bridgehead atoms. The number of para-hydroxylation sites is 1. The van der Waals surface area contributed by atoms with Crippen molar-refractivity contribution in [1.29, 1.82) is 0 Å². The normalized spacial score (nSPS) is 12.9. The molecule has 0 amide bonds. The molecule has 0 radical (unpaired) electrons. The second-order valence-electron chi connectivity index (χ2n) is 3.62. The highest BCUT2D eigenvalue weighted by Gasteiger charge is 2.14. The van der Waals surface area contributed by atoms with Gasteiger partial charge in [-0.25, -0.2) is 0 Å². The molecule has 1 N–H and O–H groups in total. The topological polar surface area (TPSA) is 32.7 Å². The van der Waals surface area contributed by atoms with Crippen LogP contribution in [0.3, 0.4) is 0 Å². The van der Waals surface area contributed by atoms with Crippen molar-refractivity contribution in [2.75, 3.05) is 27.3 Å². The van der Waals surface area contributed by atoms with Crippen molar-refractivity contribution in [1.82, 2.24) is 4.90 Å². The van der Waals surface area contributed by atoms with Gasteiger partial charge in [0, 0.05) is 18.2 Å². The van der Waals surface area contributed by atoms with Crippen molar-refractivity contribution < 1.29 is 9.84 Å². The van der Waals surface area contributed by atoms with Crippen LogP contribution in [0.5, 0.6) is 5.75 Å². The fraction of sp³-hybridized carbons (Fsp3) is 0.500. The summed E-state index contributed by atoms with van der Waals surface area (Å²) in [5.41, 5.74) is 1.15. The largest absolute Gasteiger partial charge is 0.496 e. The van der Waals surface area contributed by atoms with E-state index in [1.165, 1.54) is 0 Å². The zero-order valence-electron chi connectivity index (χ0n) is 9.60. The van der Waals surface area contributed by atoms with E-state index in [4.69, 9.17) is 9.84 Å². The first-order valence-electron chi connectivity index (χ1n) is 5.14. The van der Waals surface area contributed by atoms with E-state index in [0.717, 1.165) is 11.3 Å². The molecule has 0 unspecified atom stereocenters. The first-order valence-corrected chi connectivity index (χ1v) is 5.14. The quantitative estimate of drug-likeness (QED) is 0.801. The molecule has 0 aliphatic carbocycles. The summed E-state index contributed by atoms with van der Waals surface area (Å²) < 4.78 is 5.31. The molecular weight excluding hydrogens is 190 g/mol. The molecule has 0 aliphatic heterocycles. The Hall–Kier alpha value is -1.06. The van der Waals surface area contributed by atoms with Crippen molar-refractivity contribution in [3.63, 3.8) is 0 Å². The van der Waals surface area contributed by atoms with Crippen LogP contribution in [0, 0.1) is 0 Å². The Bertz CT molecular complexity index is 301. The molecule has 0 fully saturated rings. The lowest BCUT2D eigenvalue weighted by atomic mass is 10.1. The minimum absolute atomic E-state index is 0.177. The summed E-state index contributed by atoms with van der Waals surface area (Å²) in [6.45, 7) is 2.95. The van der Waals surface area contributed by atoms with Crippen LogP contribution in [0.2, 0.25) is 0 Å². The Morgan fingerprint density at radius 2 is 2.07 bits per heavy atom. The van der Waals surface area contributed by atoms with Crippen LogP contribution in [0.4, 0.5) is 0 Å². The van der Waals surface area contributed by atoms with E-state index in [0.29, 0.717) is 6.54 Å². The average molecular weight is 209 g/mol. The van der Waals surface area contributed by atoms with Gasteiger partial charge in [-0.1, -0.05) is 18.2 Å². The standard InChI is InChI=1S/C12H19NO2/c1-10(13(2)8-9-14)11-6-4-5-7-12(11)15-3/h4-7,10,14H,8-9H2,1-3H3/t10-/m0/s1. The van der Waals surface area contributed by atoms with Gasteiger partial charge in [0.15, 0.2) is 0 Å². The molecule has 0 heterocycles. The molecule has 3 nitrogen and oxygen atoms in total. The summed E-state index contributed by atoms with van der Waals surface area (Å²) in [6, 6.07) is 8.21. The average Bonchev–Trinajstić information content (AvgIpc) is 2.28. The predicted molar refractivity (Wildman–Crippen MR) is 61.1 cm³/mol. The fourth-order valence-corrected chi connectivity index (χ4v) is 1.60. The lowest BCUT2D eigenvalue weighted by Crippen LogP contribution is -2.25. The summed E-state index contributed by atoms with van der Waals surface area (Å²) in [5.74, 6) is 0.898. The van der Waals surface area contributed by atoms with Gasteiger partial charge in [0.05, 0.1) is 13.7 Å². The van der Waals surface area contributed by atoms with E-state index in [1.807, 2.05) is 25.2 Å². The van der Waals surface area contributed by atoms with Gasteiger partial charge in [-0.05, 0) is 20.0 Å². The molecule has 1 atom stereocenters. The third kappa shape index (κ3) is 2.94. The highest BCUT2D eigenvalue weighted by Crippen LogP contribution is 2.27. The molecule has 0 aromatic heterocycles. The number of hydrogen-bond donors (Lipinski definition) is 1. The van der Waals surface area contributed by atoms with Gasteiger partial charge in [0.1, 0.15) is 5.75 Å². The number of benzene rings is 1. The number of methoxy groups -OCH3 is 1. The number of rotatable bonds is 5. The number of aliphatic hydroxyl groups excluding tert-OH is 1. The maximum Gasteiger partial charge on any atom is 0.123 e. The first kappa shape index (κ1) is 12.0. The predicted octanol–water partition coefficient (Wildman–Crippen LogP) is 1.68. The molecule has 0 saturated heterocycles. The monoisotopic (exact) mass is 209 g/mol. The van der Waals surface area contributed by atoms with Gasteiger partial charge < -0.3 is 9.84 Å². The number of nitrogens with zero attached hydrogens (tertiary/aromatic N) is 1. The van der Waals surface area contributed by atoms with Gasteiger partial charge in [-0.2, -0.15) is 0 Å². The van der Waals surface area contributed by atoms with Crippen molar-refractivity contribution in [3.05, 3.63) is 29.8 Å². The van der Waals surface area contributed by atoms with Crippen molar-refractivity contribution in [2.45, 2.75) is 13.0 Å². The Kier molecular flexibility index (Phi) is 4.59. The Balaban J connectivity index is 2.84. The van der Waals surface area contributed by atoms with Crippen LogP contribution in [0.25, 0.3) is 0 Å². The SMILES string of the molecule is COc1ccccc1[C@H](C)N(C)CCO. The van der Waals surface area contributed by atoms with Crippen LogP contribution >= 0.6 is 0 Å². The summed E-state index contributed by atoms with van der Waals surface area (Å²) in [7, 11) is 3.67. The summed E-state index contributed by atoms with van der Waals surface area (Å²) in [6.07, 6.45) is 0. The smallest absolute Gasteiger partial charge is 0.123 e. The van der Waals surface area contributed by atoms with Crippen LogP contribution in [-0.4, -0.2) is 37.3 Å². The third-order valence-electron chi connectivity index (χ3n) is 2.70. The molecule has 3 heteroatoms. The molecule has 0 saturated carbocycles. The lowest BCUT2D eigenvalue weighted by molar-refractivity contribution is 0.186. The molecular formula is C12H19NO2. The minimum Gasteiger partial charge on any atom is -0.496 e. The Morgan fingerprint density at radius 3 is 2.67 bits per heavy atom. The fourth-order valence-electron chi connectivity index (χ4n) is 1.60. The summed E-state index contributed by atoms with van der Waals surface area (Å²) >= 11 is 0. The highest BCUT2D eigenvalue weighted by molar-refractivity contribution is 5.35. The third-order valence-corrected chi connectivity index (χ3v) is 2.70. The molecule has 0 spiro atoms. The second-order valence-corrected chi connectivity index (χ2v) is 3.62. The number of aliphatic hydroxyl groups is 1. The second kappa shape index (κ2) is 5.73. The van der Waals surface area contributed by atoms with Crippen LogP contribution in [0.15, 0.2) is 24.3 Å². The van der Waals surface area contributed by atoms with Gasteiger partial charge in [0.25, 0.3) is 0 Å². The van der Waals surface area contributed by atoms with E-state index < -0.39 is 0 Å². The zero-order chi connectivity index (χ0) is 11.3. The van der Waals surface area contributed by atoms with Crippen LogP contribution in [0.1, 0.15) is 18.5 Å². The van der Waals surface area contributed by atoms with Gasteiger partial charge in [-0.3, -0.25) is 4.90 Å². The van der Waals surface area contributed by atoms with Gasteiger partial charge in [0.2, 0.25) is 0 Å². The van der Waals surface area contributed by atoms with E-state index in [9.17, 15) is 0 Å². The highest BCUT2D eigenvalue weighted by atomic mass is 16.5. The minimum atomic E-state index is 0.177. The Labute approximate surface area is 91.3 Å². The number of ether oxygens (including phenoxy) is 1. The molecule has 1 rings (SSSR count). The molecule has 15 heavy (non-hydrogen) atoms. The van der Waals surface area contributed by atoms with E-state index in [2.05, 4.69) is 17.9 Å². The molecule has 1 aromatic carbocycles. The molecule has 84 valence electrons. The van der Waals surface area contributed by atoms with Crippen molar-refractivity contribution in [3.8, 4) is 5.75 Å². The van der Waals surface area contributed by atoms with Gasteiger partial charge in [-0.15, -0.1) is 0 Å². The van der Waals surface area contributed by atoms with Crippen molar-refractivity contribution in [2.24, 2.45) is 0 Å². The zero-order valence-corrected chi connectivity index (χ0v) is 9.60. The summed E-state index contributed by atoms with van der Waals surface area (Å²) in [5, 5.41) is 8.89. The summed E-state index contributed by atoms with van der Waals surface area (Å²) in [4.78, 5) is 2.10. The molecule has 0 aliphatic rings. The van der Waals surface area contributed by atoms with E-state index >= 15 is 0 Å². The molecule has 1 aromatic rings. The maximum atomic E-state index is 8.89. The maximum absolute atomic E-state index is 8.89. The number of hydrogen-bond acceptors (Lipinski definition) is 3. The van der Waals surface area contributed by atoms with Crippen LogP contribution in [-0.2, 0) is 0 Å². The van der Waals surface area contributed by atoms with Gasteiger partial charge >= 0.3 is 0 Å². The van der Waals surface area contributed by atoms with E-state index in [1.54, 1.807) is 7.11 Å². The lowest BCUT2D eigenvalue weighted by Gasteiger charge is -2.25. The van der Waals surface area contributed by atoms with Crippen molar-refractivity contribution >= 4 is 0 Å². The van der Waals surface area contributed by atoms with E-state index in [-0.39, 0.29) is 12.6 Å². The number of likely N-dealkylation sites (N-methyl/N-ethyl adjacent to an activating group) is 1. The Morgan fingerprint density at radius 1 is 1.40 bits per heavy atom. The first-order chi connectivity index (χ1) is 7.20. The van der Waals surface area contributed by atoms with Crippen LogP contribution < -0.4 is 4.74 Å².